The fourth-order valence-corrected chi connectivity index (χ4v) is 4.25. The molecule has 38 heavy (non-hydrogen) atoms. The maximum Gasteiger partial charge on any atom is 0.357 e. The second-order valence-corrected chi connectivity index (χ2v) is 8.57. The van der Waals surface area contributed by atoms with Gasteiger partial charge in [-0.05, 0) is 49.7 Å². The number of carbonyl (C=O) groups is 2. The zero-order valence-corrected chi connectivity index (χ0v) is 21.6. The largest absolute Gasteiger partial charge is 0.504 e. The van der Waals surface area contributed by atoms with E-state index < -0.39 is 17.8 Å². The molecule has 196 valence electrons. The maximum absolute atomic E-state index is 13.9. The lowest BCUT2D eigenvalue weighted by Crippen LogP contribution is -2.22. The van der Waals surface area contributed by atoms with Crippen molar-refractivity contribution in [3.63, 3.8) is 0 Å². The van der Waals surface area contributed by atoms with Gasteiger partial charge in [0.15, 0.2) is 17.2 Å². The smallest absolute Gasteiger partial charge is 0.357 e. The van der Waals surface area contributed by atoms with Crippen LogP contribution in [0, 0.1) is 12.7 Å². The Hall–Kier alpha value is -4.50. The summed E-state index contributed by atoms with van der Waals surface area (Å²) < 4.78 is 25.7. The van der Waals surface area contributed by atoms with Crippen LogP contribution in [0.3, 0.4) is 0 Å². The number of para-hydroxylation sites is 1. The molecule has 3 aromatic carbocycles. The van der Waals surface area contributed by atoms with Gasteiger partial charge in [-0.2, -0.15) is 0 Å². The first-order valence-electron chi connectivity index (χ1n) is 11.6. The summed E-state index contributed by atoms with van der Waals surface area (Å²) in [5, 5.41) is 15.8. The topological polar surface area (TPSA) is 102 Å². The number of rotatable bonds is 7. The van der Waals surface area contributed by atoms with Gasteiger partial charge in [-0.1, -0.05) is 41.9 Å². The molecule has 2 amide bonds. The Labute approximate surface area is 223 Å². The molecule has 0 unspecified atom stereocenters. The molecule has 0 saturated carbocycles. The van der Waals surface area contributed by atoms with Crippen LogP contribution in [0.5, 0.6) is 11.5 Å². The highest BCUT2D eigenvalue weighted by Gasteiger charge is 2.25. The van der Waals surface area contributed by atoms with E-state index in [9.17, 15) is 19.1 Å². The average Bonchev–Trinajstić information content (AvgIpc) is 3.22. The number of hydrogen-bond donors (Lipinski definition) is 3. The summed E-state index contributed by atoms with van der Waals surface area (Å²) in [6.45, 7) is 3.30. The number of benzene rings is 3. The summed E-state index contributed by atoms with van der Waals surface area (Å²) in [4.78, 5) is 25.7. The standard InChI is InChI=1S/C28H25ClFN3O5/c1-4-38-27(35)25-22(32-28(36)31-21-9-6-8-20(30)16(21)2)15-24(29)33(25)18-13-11-17(12-14-18)19-7-5-10-23(37-3)26(19)34/h5-15,34H,4H2,1-3H3,(H2,31,32,36). The zero-order valence-electron chi connectivity index (χ0n) is 20.8. The van der Waals surface area contributed by atoms with Crippen LogP contribution in [0.15, 0.2) is 66.7 Å². The lowest BCUT2D eigenvalue weighted by Gasteiger charge is -2.14. The number of urea groups is 1. The van der Waals surface area contributed by atoms with Crippen LogP contribution in [0.2, 0.25) is 5.15 Å². The lowest BCUT2D eigenvalue weighted by molar-refractivity contribution is 0.0518. The van der Waals surface area contributed by atoms with Crippen LogP contribution in [-0.2, 0) is 4.74 Å². The van der Waals surface area contributed by atoms with Gasteiger partial charge in [0, 0.05) is 28.6 Å². The number of esters is 1. The van der Waals surface area contributed by atoms with Crippen molar-refractivity contribution in [1.29, 1.82) is 0 Å². The first kappa shape index (κ1) is 26.6. The Kier molecular flexibility index (Phi) is 7.87. The number of methoxy groups -OCH3 is 1. The number of halogens is 2. The van der Waals surface area contributed by atoms with Crippen molar-refractivity contribution in [1.82, 2.24) is 4.57 Å². The molecular formula is C28H25ClFN3O5. The second kappa shape index (κ2) is 11.3. The van der Waals surface area contributed by atoms with E-state index in [1.165, 1.54) is 36.8 Å². The normalized spacial score (nSPS) is 10.7. The molecule has 0 aliphatic carbocycles. The number of phenolic OH excluding ortho intramolecular Hbond substituents is 1. The summed E-state index contributed by atoms with van der Waals surface area (Å²) in [6.07, 6.45) is 0. The van der Waals surface area contributed by atoms with Crippen molar-refractivity contribution in [2.75, 3.05) is 24.4 Å². The summed E-state index contributed by atoms with van der Waals surface area (Å²) in [5.74, 6) is -0.826. The minimum Gasteiger partial charge on any atom is -0.504 e. The van der Waals surface area contributed by atoms with E-state index >= 15 is 0 Å². The van der Waals surface area contributed by atoms with Crippen LogP contribution in [0.1, 0.15) is 23.0 Å². The summed E-state index contributed by atoms with van der Waals surface area (Å²) in [6, 6.07) is 17.1. The van der Waals surface area contributed by atoms with Crippen LogP contribution >= 0.6 is 11.6 Å². The fraction of sp³-hybridized carbons (Fsp3) is 0.143. The number of nitrogens with one attached hydrogen (secondary N) is 2. The van der Waals surface area contributed by atoms with Crippen molar-refractivity contribution in [3.05, 3.63) is 89.0 Å². The van der Waals surface area contributed by atoms with E-state index in [4.69, 9.17) is 21.1 Å². The molecule has 10 heteroatoms. The van der Waals surface area contributed by atoms with Gasteiger partial charge in [0.05, 0.1) is 19.4 Å². The Morgan fingerprint density at radius 3 is 2.39 bits per heavy atom. The van der Waals surface area contributed by atoms with Crippen molar-refractivity contribution >= 4 is 35.0 Å². The van der Waals surface area contributed by atoms with E-state index in [0.717, 1.165) is 0 Å². The molecule has 0 spiro atoms. The van der Waals surface area contributed by atoms with Gasteiger partial charge in [-0.25, -0.2) is 14.0 Å². The van der Waals surface area contributed by atoms with Crippen molar-refractivity contribution < 1.29 is 28.6 Å². The molecule has 0 bridgehead atoms. The Bertz CT molecular complexity index is 1500. The average molecular weight is 538 g/mol. The number of aromatic hydroxyl groups is 1. The van der Waals surface area contributed by atoms with E-state index in [0.29, 0.717) is 22.6 Å². The highest BCUT2D eigenvalue weighted by Crippen LogP contribution is 2.38. The molecule has 4 aromatic rings. The molecule has 0 radical (unpaired) electrons. The monoisotopic (exact) mass is 537 g/mol. The molecule has 0 atom stereocenters. The van der Waals surface area contributed by atoms with Gasteiger partial charge >= 0.3 is 12.0 Å². The van der Waals surface area contributed by atoms with Gasteiger partial charge in [0.1, 0.15) is 11.0 Å². The summed E-state index contributed by atoms with van der Waals surface area (Å²) in [5.41, 5.74) is 2.43. The van der Waals surface area contributed by atoms with E-state index in [-0.39, 0.29) is 40.1 Å². The number of hydrogen-bond acceptors (Lipinski definition) is 5. The SMILES string of the molecule is CCOC(=O)c1c(NC(=O)Nc2cccc(F)c2C)cc(Cl)n1-c1ccc(-c2cccc(OC)c2O)cc1. The van der Waals surface area contributed by atoms with Crippen LogP contribution in [0.25, 0.3) is 16.8 Å². The molecule has 4 rings (SSSR count). The fourth-order valence-electron chi connectivity index (χ4n) is 3.96. The first-order valence-corrected chi connectivity index (χ1v) is 12.0. The van der Waals surface area contributed by atoms with E-state index in [2.05, 4.69) is 10.6 Å². The Morgan fingerprint density at radius 1 is 1.03 bits per heavy atom. The zero-order chi connectivity index (χ0) is 27.4. The number of aromatic nitrogens is 1. The number of phenols is 1. The van der Waals surface area contributed by atoms with Gasteiger partial charge in [0.25, 0.3) is 0 Å². The third kappa shape index (κ3) is 5.28. The van der Waals surface area contributed by atoms with Gasteiger partial charge in [-0.15, -0.1) is 0 Å². The predicted molar refractivity (Wildman–Crippen MR) is 144 cm³/mol. The minimum atomic E-state index is -0.703. The van der Waals surface area contributed by atoms with Crippen LogP contribution in [0.4, 0.5) is 20.6 Å². The molecular weight excluding hydrogens is 513 g/mol. The first-order chi connectivity index (χ1) is 18.2. The molecule has 0 fully saturated rings. The summed E-state index contributed by atoms with van der Waals surface area (Å²) in [7, 11) is 1.47. The minimum absolute atomic E-state index is 0.00000751. The molecule has 1 aromatic heterocycles. The number of anilines is 2. The number of carbonyl (C=O) groups excluding carboxylic acids is 2. The highest BCUT2D eigenvalue weighted by atomic mass is 35.5. The number of amides is 2. The molecule has 0 aliphatic heterocycles. The third-order valence-electron chi connectivity index (χ3n) is 5.84. The molecule has 3 N–H and O–H groups in total. The van der Waals surface area contributed by atoms with Crippen molar-refractivity contribution in [2.24, 2.45) is 0 Å². The Balaban J connectivity index is 1.69. The van der Waals surface area contributed by atoms with Crippen molar-refractivity contribution in [2.45, 2.75) is 13.8 Å². The highest BCUT2D eigenvalue weighted by molar-refractivity contribution is 6.31. The van der Waals surface area contributed by atoms with Crippen molar-refractivity contribution in [3.8, 4) is 28.3 Å². The van der Waals surface area contributed by atoms with Gasteiger partial charge < -0.3 is 25.2 Å². The summed E-state index contributed by atoms with van der Waals surface area (Å²) >= 11 is 6.52. The number of nitrogens with zero attached hydrogens (tertiary/aromatic N) is 1. The van der Waals surface area contributed by atoms with Gasteiger partial charge in [-0.3, -0.25) is 4.57 Å². The third-order valence-corrected chi connectivity index (χ3v) is 6.12. The Morgan fingerprint density at radius 2 is 1.71 bits per heavy atom. The molecule has 1 heterocycles. The van der Waals surface area contributed by atoms with E-state index in [1.807, 2.05) is 0 Å². The maximum atomic E-state index is 13.9. The van der Waals surface area contributed by atoms with Crippen LogP contribution in [-0.4, -0.2) is 35.4 Å². The van der Waals surface area contributed by atoms with Gasteiger partial charge in [0.2, 0.25) is 0 Å². The molecule has 0 aliphatic rings. The lowest BCUT2D eigenvalue weighted by atomic mass is 10.0. The van der Waals surface area contributed by atoms with Crippen LogP contribution < -0.4 is 15.4 Å². The number of ether oxygens (including phenoxy) is 2. The molecule has 8 nitrogen and oxygen atoms in total. The quantitative estimate of drug-likeness (QED) is 0.225. The predicted octanol–water partition coefficient (Wildman–Crippen LogP) is 6.78. The van der Waals surface area contributed by atoms with E-state index in [1.54, 1.807) is 55.5 Å². The molecule has 0 saturated heterocycles. The second-order valence-electron chi connectivity index (χ2n) is 8.18.